The lowest BCUT2D eigenvalue weighted by atomic mass is 10.0. The number of carbonyl (C=O) groups excluding carboxylic acids is 3. The molecule has 4 aromatic rings. The molecule has 0 radical (unpaired) electrons. The second-order valence-electron chi connectivity index (χ2n) is 10.1. The fourth-order valence-corrected chi connectivity index (χ4v) is 4.67. The van der Waals surface area contributed by atoms with E-state index in [0.29, 0.717) is 16.7 Å². The number of phenolic OH excluding ortho intramolecular Hbond substituents is 2. The maximum Gasteiger partial charge on any atom is 0.326 e. The van der Waals surface area contributed by atoms with Crippen molar-refractivity contribution in [2.24, 2.45) is 5.73 Å². The quantitative estimate of drug-likeness (QED) is 0.113. The first-order valence-corrected chi connectivity index (χ1v) is 13.6. The molecule has 3 amide bonds. The molecule has 0 spiro atoms. The molecular weight excluding hydrogens is 554 g/mol. The van der Waals surface area contributed by atoms with Crippen molar-refractivity contribution < 1.29 is 34.5 Å². The molecule has 9 N–H and O–H groups in total. The Kier molecular flexibility index (Phi) is 9.97. The Bertz CT molecular complexity index is 1580. The predicted molar refractivity (Wildman–Crippen MR) is 158 cm³/mol. The number of aromatic amines is 1. The van der Waals surface area contributed by atoms with Gasteiger partial charge < -0.3 is 42.0 Å². The first kappa shape index (κ1) is 30.6. The van der Waals surface area contributed by atoms with Gasteiger partial charge in [-0.05, 0) is 47.0 Å². The van der Waals surface area contributed by atoms with Crippen LogP contribution in [0, 0.1) is 0 Å². The number of phenols is 2. The number of para-hydroxylation sites is 1. The van der Waals surface area contributed by atoms with Crippen molar-refractivity contribution in [3.05, 3.63) is 95.7 Å². The van der Waals surface area contributed by atoms with Crippen molar-refractivity contribution in [2.45, 2.75) is 37.4 Å². The lowest BCUT2D eigenvalue weighted by Crippen LogP contribution is -2.57. The molecule has 12 nitrogen and oxygen atoms in total. The van der Waals surface area contributed by atoms with Crippen molar-refractivity contribution in [3.63, 3.8) is 0 Å². The number of amides is 3. The third-order valence-electron chi connectivity index (χ3n) is 6.94. The van der Waals surface area contributed by atoms with Crippen LogP contribution in [0.2, 0.25) is 0 Å². The number of rotatable bonds is 13. The Balaban J connectivity index is 1.56. The molecule has 0 bridgehead atoms. The third kappa shape index (κ3) is 8.33. The SMILES string of the molecule is NCC(=O)NC(Cc1ccc(O)cc1)C(=O)NC(Cc1ccc(O)cc1)C(=O)NC(Cc1c[nH]c2ccccc12)C(=O)O. The van der Waals surface area contributed by atoms with Gasteiger partial charge in [-0.1, -0.05) is 42.5 Å². The number of aromatic hydroxyl groups is 2. The molecule has 0 fully saturated rings. The summed E-state index contributed by atoms with van der Waals surface area (Å²) in [7, 11) is 0. The van der Waals surface area contributed by atoms with Crippen LogP contribution in [0.3, 0.4) is 0 Å². The van der Waals surface area contributed by atoms with Gasteiger partial charge in [-0.2, -0.15) is 0 Å². The topological polar surface area (TPSA) is 207 Å². The molecule has 0 saturated carbocycles. The van der Waals surface area contributed by atoms with Gasteiger partial charge in [-0.25, -0.2) is 4.79 Å². The summed E-state index contributed by atoms with van der Waals surface area (Å²) in [6, 6.07) is 15.8. The van der Waals surface area contributed by atoms with Crippen molar-refractivity contribution in [1.82, 2.24) is 20.9 Å². The van der Waals surface area contributed by atoms with Crippen LogP contribution in [-0.2, 0) is 38.4 Å². The predicted octanol–water partition coefficient (Wildman–Crippen LogP) is 1.10. The molecule has 0 saturated heterocycles. The summed E-state index contributed by atoms with van der Waals surface area (Å²) in [6.07, 6.45) is 1.68. The Morgan fingerprint density at radius 1 is 0.698 bits per heavy atom. The smallest absolute Gasteiger partial charge is 0.326 e. The summed E-state index contributed by atoms with van der Waals surface area (Å²) in [5, 5.41) is 37.8. The van der Waals surface area contributed by atoms with Crippen LogP contribution >= 0.6 is 0 Å². The van der Waals surface area contributed by atoms with Crippen LogP contribution in [0.15, 0.2) is 79.0 Å². The largest absolute Gasteiger partial charge is 0.508 e. The van der Waals surface area contributed by atoms with E-state index in [1.54, 1.807) is 30.5 Å². The minimum Gasteiger partial charge on any atom is -0.508 e. The Hall–Kier alpha value is -5.36. The van der Waals surface area contributed by atoms with Gasteiger partial charge in [0, 0.05) is 36.4 Å². The normalized spacial score (nSPS) is 13.0. The van der Waals surface area contributed by atoms with E-state index in [4.69, 9.17) is 5.73 Å². The molecular formula is C31H33N5O7. The van der Waals surface area contributed by atoms with Gasteiger partial charge in [-0.15, -0.1) is 0 Å². The van der Waals surface area contributed by atoms with Crippen molar-refractivity contribution in [2.75, 3.05) is 6.54 Å². The molecule has 4 rings (SSSR count). The molecule has 0 aliphatic carbocycles. The monoisotopic (exact) mass is 587 g/mol. The van der Waals surface area contributed by atoms with Gasteiger partial charge in [0.1, 0.15) is 29.6 Å². The second kappa shape index (κ2) is 14.0. The highest BCUT2D eigenvalue weighted by Crippen LogP contribution is 2.20. The maximum absolute atomic E-state index is 13.6. The van der Waals surface area contributed by atoms with Crippen LogP contribution in [0.5, 0.6) is 11.5 Å². The molecule has 3 aromatic carbocycles. The van der Waals surface area contributed by atoms with Crippen LogP contribution in [-0.4, -0.2) is 68.7 Å². The standard InChI is InChI=1S/C31H33N5O7/c32-16-28(39)34-25(13-18-5-9-21(37)10-6-18)29(40)35-26(14-19-7-11-22(38)12-8-19)30(41)36-27(31(42)43)15-20-17-33-24-4-2-1-3-23(20)24/h1-12,17,25-27,33,37-38H,13-16,32H2,(H,34,39)(H,35,40)(H,36,41)(H,42,43). The lowest BCUT2D eigenvalue weighted by molar-refractivity contribution is -0.142. The van der Waals surface area contributed by atoms with Crippen molar-refractivity contribution in [3.8, 4) is 11.5 Å². The molecule has 1 heterocycles. The molecule has 3 atom stereocenters. The van der Waals surface area contributed by atoms with Crippen molar-refractivity contribution in [1.29, 1.82) is 0 Å². The highest BCUT2D eigenvalue weighted by molar-refractivity contribution is 5.94. The number of hydrogen-bond acceptors (Lipinski definition) is 7. The summed E-state index contributed by atoms with van der Waals surface area (Å²) < 4.78 is 0. The number of hydrogen-bond donors (Lipinski definition) is 8. The summed E-state index contributed by atoms with van der Waals surface area (Å²) in [6.45, 7) is -0.370. The van der Waals surface area contributed by atoms with Gasteiger partial charge in [-0.3, -0.25) is 14.4 Å². The summed E-state index contributed by atoms with van der Waals surface area (Å²) in [5.74, 6) is -3.25. The zero-order valence-corrected chi connectivity index (χ0v) is 23.1. The van der Waals surface area contributed by atoms with Crippen molar-refractivity contribution >= 4 is 34.6 Å². The highest BCUT2D eigenvalue weighted by atomic mass is 16.4. The lowest BCUT2D eigenvalue weighted by Gasteiger charge is -2.25. The second-order valence-corrected chi connectivity index (χ2v) is 10.1. The third-order valence-corrected chi connectivity index (χ3v) is 6.94. The number of fused-ring (bicyclic) bond motifs is 1. The number of nitrogens with one attached hydrogen (secondary N) is 4. The van der Waals surface area contributed by atoms with Gasteiger partial charge in [0.15, 0.2) is 0 Å². The van der Waals surface area contributed by atoms with Gasteiger partial charge in [0.2, 0.25) is 17.7 Å². The van der Waals surface area contributed by atoms with Gasteiger partial charge in [0.25, 0.3) is 0 Å². The molecule has 0 aliphatic rings. The first-order valence-electron chi connectivity index (χ1n) is 13.6. The Morgan fingerprint density at radius 2 is 1.21 bits per heavy atom. The maximum atomic E-state index is 13.6. The number of carbonyl (C=O) groups is 4. The van der Waals surface area contributed by atoms with E-state index in [1.807, 2.05) is 24.3 Å². The van der Waals surface area contributed by atoms with E-state index in [9.17, 15) is 34.5 Å². The molecule has 1 aromatic heterocycles. The Morgan fingerprint density at radius 3 is 1.74 bits per heavy atom. The fraction of sp³-hybridized carbons (Fsp3) is 0.226. The number of H-pyrrole nitrogens is 1. The van der Waals surface area contributed by atoms with Crippen LogP contribution in [0.25, 0.3) is 10.9 Å². The average molecular weight is 588 g/mol. The van der Waals surface area contributed by atoms with E-state index in [-0.39, 0.29) is 37.3 Å². The van der Waals surface area contributed by atoms with Crippen LogP contribution in [0.1, 0.15) is 16.7 Å². The van der Waals surface area contributed by atoms with E-state index >= 15 is 0 Å². The number of nitrogens with two attached hydrogens (primary N) is 1. The summed E-state index contributed by atoms with van der Waals surface area (Å²) in [4.78, 5) is 54.5. The molecule has 12 heteroatoms. The number of carboxylic acid groups (broad SMARTS) is 1. The Labute approximate surface area is 246 Å². The van der Waals surface area contributed by atoms with Crippen LogP contribution < -0.4 is 21.7 Å². The molecule has 224 valence electrons. The number of aliphatic carboxylic acids is 1. The minimum absolute atomic E-state index is 0.0110. The summed E-state index contributed by atoms with van der Waals surface area (Å²) >= 11 is 0. The van der Waals surface area contributed by atoms with E-state index in [2.05, 4.69) is 20.9 Å². The number of benzene rings is 3. The van der Waals surface area contributed by atoms with Crippen LogP contribution in [0.4, 0.5) is 0 Å². The zero-order valence-electron chi connectivity index (χ0n) is 23.1. The number of carboxylic acids is 1. The number of aromatic nitrogens is 1. The van der Waals surface area contributed by atoms with Gasteiger partial charge >= 0.3 is 5.97 Å². The van der Waals surface area contributed by atoms with E-state index in [0.717, 1.165) is 10.9 Å². The summed E-state index contributed by atoms with van der Waals surface area (Å²) in [5.41, 5.74) is 8.18. The van der Waals surface area contributed by atoms with E-state index in [1.165, 1.54) is 24.3 Å². The minimum atomic E-state index is -1.31. The fourth-order valence-electron chi connectivity index (χ4n) is 4.67. The first-order chi connectivity index (χ1) is 20.6. The average Bonchev–Trinajstić information content (AvgIpc) is 3.40. The highest BCUT2D eigenvalue weighted by Gasteiger charge is 2.30. The molecule has 43 heavy (non-hydrogen) atoms. The van der Waals surface area contributed by atoms with Gasteiger partial charge in [0.05, 0.1) is 6.54 Å². The molecule has 0 aliphatic heterocycles. The molecule has 3 unspecified atom stereocenters. The zero-order chi connectivity index (χ0) is 30.9. The van der Waals surface area contributed by atoms with E-state index < -0.39 is 41.8 Å².